The fourth-order valence-electron chi connectivity index (χ4n) is 0.869. The molecule has 1 fully saturated rings. The first kappa shape index (κ1) is 10.5. The summed E-state index contributed by atoms with van der Waals surface area (Å²) in [5.41, 5.74) is 0. The van der Waals surface area contributed by atoms with Gasteiger partial charge < -0.3 is 0 Å². The molecule has 1 aliphatic heterocycles. The summed E-state index contributed by atoms with van der Waals surface area (Å²) in [7, 11) is 0. The SMILES string of the molecule is O=C1NC(=O)C(C(=O)OC[CH2][Na])N1. The molecule has 1 aliphatic rings. The van der Waals surface area contributed by atoms with Crippen LogP contribution >= 0.6 is 0 Å². The van der Waals surface area contributed by atoms with E-state index in [0.717, 1.165) is 31.6 Å². The Kier molecular flexibility index (Phi) is 3.71. The van der Waals surface area contributed by atoms with E-state index in [1.54, 1.807) is 0 Å². The molecule has 1 unspecified atom stereocenters. The van der Waals surface area contributed by atoms with Gasteiger partial charge in [0.25, 0.3) is 0 Å². The summed E-state index contributed by atoms with van der Waals surface area (Å²) >= 11 is 0.934. The topological polar surface area (TPSA) is 84.5 Å². The van der Waals surface area contributed by atoms with Crippen LogP contribution in [0.1, 0.15) is 0 Å². The van der Waals surface area contributed by atoms with Crippen molar-refractivity contribution in [2.75, 3.05) is 6.61 Å². The average Bonchev–Trinajstić information content (AvgIpc) is 2.41. The third-order valence-electron chi connectivity index (χ3n) is 1.46. The summed E-state index contributed by atoms with van der Waals surface area (Å²) < 4.78 is 5.53. The molecular weight excluding hydrogens is 187 g/mol. The van der Waals surface area contributed by atoms with E-state index in [0.29, 0.717) is 6.61 Å². The van der Waals surface area contributed by atoms with Gasteiger partial charge in [-0.25, -0.2) is 0 Å². The number of ether oxygens (including phenoxy) is 1. The Balaban J connectivity index is 2.47. The van der Waals surface area contributed by atoms with Gasteiger partial charge in [0.05, 0.1) is 0 Å². The van der Waals surface area contributed by atoms with Crippen LogP contribution in [0.5, 0.6) is 0 Å². The van der Waals surface area contributed by atoms with E-state index < -0.39 is 23.9 Å². The van der Waals surface area contributed by atoms with Gasteiger partial charge in [0.1, 0.15) is 0 Å². The number of hydrogen-bond donors (Lipinski definition) is 2. The van der Waals surface area contributed by atoms with E-state index in [9.17, 15) is 14.4 Å². The van der Waals surface area contributed by atoms with E-state index in [1.165, 1.54) is 0 Å². The maximum atomic E-state index is 11.1. The van der Waals surface area contributed by atoms with Crippen LogP contribution in [0, 0.1) is 0 Å². The molecule has 0 aliphatic carbocycles. The number of rotatable bonds is 3. The molecule has 13 heavy (non-hydrogen) atoms. The number of amides is 3. The molecule has 0 aromatic heterocycles. The Labute approximate surface area is 91.8 Å². The molecule has 3 amide bonds. The van der Waals surface area contributed by atoms with E-state index in [2.05, 4.69) is 5.32 Å². The molecule has 6 nitrogen and oxygen atoms in total. The first-order valence-electron chi connectivity index (χ1n) is 3.93. The maximum absolute atomic E-state index is 11.1. The summed E-state index contributed by atoms with van der Waals surface area (Å²) in [4.78, 5) is 32.6. The fourth-order valence-corrected chi connectivity index (χ4v) is 1.07. The Morgan fingerprint density at radius 1 is 1.54 bits per heavy atom. The van der Waals surface area contributed by atoms with Gasteiger partial charge in [-0.2, -0.15) is 0 Å². The standard InChI is InChI=1S/C6H7N2O4.Na/c1-2-12-5(10)3-4(9)8-6(11)7-3;/h3H,1-2H2,(H2,7,8,9,11);. The van der Waals surface area contributed by atoms with Crippen molar-refractivity contribution in [1.29, 1.82) is 0 Å². The van der Waals surface area contributed by atoms with Gasteiger partial charge in [0, 0.05) is 0 Å². The van der Waals surface area contributed by atoms with E-state index in [1.807, 2.05) is 5.32 Å². The predicted octanol–water partition coefficient (Wildman–Crippen LogP) is -1.68. The van der Waals surface area contributed by atoms with Crippen LogP contribution < -0.4 is 10.6 Å². The fraction of sp³-hybridized carbons (Fsp3) is 0.500. The summed E-state index contributed by atoms with van der Waals surface area (Å²) in [6, 6.07) is -1.82. The second-order valence-corrected chi connectivity index (χ2v) is 3.56. The molecule has 1 rings (SSSR count). The second kappa shape index (κ2) is 4.59. The van der Waals surface area contributed by atoms with Crippen molar-refractivity contribution in [3.05, 3.63) is 0 Å². The normalized spacial score (nSPS) is 20.9. The van der Waals surface area contributed by atoms with Crippen LogP contribution in [0.4, 0.5) is 4.79 Å². The molecule has 0 saturated carbocycles. The number of imide groups is 1. The van der Waals surface area contributed by atoms with Crippen molar-refractivity contribution >= 4 is 45.8 Å². The zero-order valence-corrected chi connectivity index (χ0v) is 9.12. The van der Waals surface area contributed by atoms with Crippen LogP contribution in [-0.2, 0) is 14.3 Å². The minimum atomic E-state index is -1.17. The number of nitrogens with one attached hydrogen (secondary N) is 2. The van der Waals surface area contributed by atoms with Crippen molar-refractivity contribution < 1.29 is 19.1 Å². The number of carbonyl (C=O) groups excluding carboxylic acids is 3. The molecule has 7 heteroatoms. The van der Waals surface area contributed by atoms with E-state index in [-0.39, 0.29) is 0 Å². The average molecular weight is 194 g/mol. The predicted molar refractivity (Wildman–Crippen MR) is 42.0 cm³/mol. The van der Waals surface area contributed by atoms with Crippen LogP contribution in [0.2, 0.25) is 3.67 Å². The van der Waals surface area contributed by atoms with Crippen LogP contribution in [-0.4, -0.2) is 58.5 Å². The molecule has 0 bridgehead atoms. The zero-order valence-electron chi connectivity index (χ0n) is 7.12. The van der Waals surface area contributed by atoms with Gasteiger partial charge in [0.15, 0.2) is 0 Å². The van der Waals surface area contributed by atoms with E-state index >= 15 is 0 Å². The van der Waals surface area contributed by atoms with Crippen LogP contribution in [0.3, 0.4) is 0 Å². The Morgan fingerprint density at radius 3 is 2.69 bits per heavy atom. The second-order valence-electron chi connectivity index (χ2n) is 2.56. The Hall–Kier alpha value is -0.590. The minimum absolute atomic E-state index is 0.310. The molecule has 0 spiro atoms. The third kappa shape index (κ3) is 2.68. The van der Waals surface area contributed by atoms with E-state index in [4.69, 9.17) is 4.74 Å². The monoisotopic (exact) mass is 194 g/mol. The Morgan fingerprint density at radius 2 is 2.23 bits per heavy atom. The molecule has 66 valence electrons. The first-order valence-corrected chi connectivity index (χ1v) is 5.34. The summed E-state index contributed by atoms with van der Waals surface area (Å²) in [6.07, 6.45) is 0. The number of esters is 1. The molecule has 0 aromatic rings. The van der Waals surface area contributed by atoms with Crippen LogP contribution in [0.15, 0.2) is 0 Å². The van der Waals surface area contributed by atoms with Crippen LogP contribution in [0.25, 0.3) is 0 Å². The van der Waals surface area contributed by atoms with Gasteiger partial charge in [0.2, 0.25) is 0 Å². The number of carbonyl (C=O) groups is 3. The van der Waals surface area contributed by atoms with Crippen molar-refractivity contribution in [3.63, 3.8) is 0 Å². The third-order valence-corrected chi connectivity index (χ3v) is 1.87. The van der Waals surface area contributed by atoms with Crippen molar-refractivity contribution in [2.24, 2.45) is 0 Å². The molecular formula is C6H7N2NaO4. The molecule has 0 radical (unpaired) electrons. The molecule has 1 atom stereocenters. The quantitative estimate of drug-likeness (QED) is 0.243. The van der Waals surface area contributed by atoms with Gasteiger partial charge in [-0.3, -0.25) is 0 Å². The van der Waals surface area contributed by atoms with Gasteiger partial charge >= 0.3 is 91.9 Å². The molecule has 2 N–H and O–H groups in total. The molecule has 1 heterocycles. The van der Waals surface area contributed by atoms with Gasteiger partial charge in [-0.15, -0.1) is 0 Å². The molecule has 0 aromatic carbocycles. The van der Waals surface area contributed by atoms with Crippen molar-refractivity contribution in [1.82, 2.24) is 10.6 Å². The molecule has 1 saturated heterocycles. The van der Waals surface area contributed by atoms with Crippen molar-refractivity contribution in [3.8, 4) is 0 Å². The summed E-state index contributed by atoms with van der Waals surface area (Å²) in [6.45, 7) is 0.310. The first-order chi connectivity index (χ1) is 6.15. The summed E-state index contributed by atoms with van der Waals surface area (Å²) in [5.74, 6) is -1.34. The van der Waals surface area contributed by atoms with Gasteiger partial charge in [-0.05, 0) is 0 Å². The van der Waals surface area contributed by atoms with Crippen molar-refractivity contribution in [2.45, 2.75) is 9.71 Å². The summed E-state index contributed by atoms with van der Waals surface area (Å²) in [5, 5.41) is 4.09. The Bertz CT molecular complexity index is 255. The van der Waals surface area contributed by atoms with Gasteiger partial charge in [-0.1, -0.05) is 0 Å². The number of hydrogen-bond acceptors (Lipinski definition) is 4. The number of urea groups is 1. The zero-order chi connectivity index (χ0) is 9.84.